The van der Waals surface area contributed by atoms with Gasteiger partial charge in [-0.1, -0.05) is 44.2 Å². The van der Waals surface area contributed by atoms with Gasteiger partial charge in [0.2, 0.25) is 5.91 Å². The molecule has 0 saturated heterocycles. The van der Waals surface area contributed by atoms with Crippen LogP contribution < -0.4 is 5.43 Å². The molecule has 1 saturated carbocycles. The van der Waals surface area contributed by atoms with Crippen molar-refractivity contribution in [2.75, 3.05) is 0 Å². The van der Waals surface area contributed by atoms with E-state index in [1.54, 1.807) is 12.1 Å². The van der Waals surface area contributed by atoms with Crippen molar-refractivity contribution in [1.82, 2.24) is 5.43 Å². The summed E-state index contributed by atoms with van der Waals surface area (Å²) < 4.78 is 12.7. The predicted octanol–water partition coefficient (Wildman–Crippen LogP) is 3.64. The monoisotopic (exact) mass is 276 g/mol. The van der Waals surface area contributed by atoms with E-state index in [2.05, 4.69) is 10.5 Å². The Morgan fingerprint density at radius 3 is 2.65 bits per heavy atom. The molecule has 1 aromatic carbocycles. The fourth-order valence-electron chi connectivity index (χ4n) is 2.59. The minimum atomic E-state index is -0.279. The molecule has 1 N–H and O–H groups in total. The van der Waals surface area contributed by atoms with Crippen molar-refractivity contribution in [3.63, 3.8) is 0 Å². The largest absolute Gasteiger partial charge is 0.273 e. The number of nitrogens with zero attached hydrogens (tertiary/aromatic N) is 1. The van der Waals surface area contributed by atoms with E-state index in [1.807, 2.05) is 0 Å². The molecule has 0 heterocycles. The van der Waals surface area contributed by atoms with Gasteiger partial charge >= 0.3 is 0 Å². The van der Waals surface area contributed by atoms with E-state index in [9.17, 15) is 9.18 Å². The Morgan fingerprint density at radius 2 is 1.95 bits per heavy atom. The van der Waals surface area contributed by atoms with Gasteiger partial charge in [-0.3, -0.25) is 4.79 Å². The minimum absolute atomic E-state index is 0.0473. The Bertz CT molecular complexity index is 450. The third-order valence-corrected chi connectivity index (χ3v) is 3.78. The molecule has 0 unspecified atom stereocenters. The maximum absolute atomic E-state index is 12.7. The van der Waals surface area contributed by atoms with Gasteiger partial charge in [0, 0.05) is 6.42 Å². The maximum Gasteiger partial charge on any atom is 0.240 e. The van der Waals surface area contributed by atoms with E-state index in [-0.39, 0.29) is 11.7 Å². The van der Waals surface area contributed by atoms with Gasteiger partial charge in [-0.15, -0.1) is 0 Å². The highest BCUT2D eigenvalue weighted by Gasteiger charge is 2.14. The first-order chi connectivity index (χ1) is 9.74. The standard InChI is InChI=1S/C16H21FN2O/c17-15-9-6-14(7-10-15)12-18-19-16(20)11-8-13-4-2-1-3-5-13/h6-7,9-10,12-13H,1-5,8,11H2,(H,19,20)/b18-12+. The lowest BCUT2D eigenvalue weighted by Gasteiger charge is -2.20. The number of hydrogen-bond acceptors (Lipinski definition) is 2. The van der Waals surface area contributed by atoms with Crippen LogP contribution in [0.1, 0.15) is 50.5 Å². The van der Waals surface area contributed by atoms with Gasteiger partial charge in [0.15, 0.2) is 0 Å². The lowest BCUT2D eigenvalue weighted by atomic mass is 9.86. The second-order valence-corrected chi connectivity index (χ2v) is 5.39. The first-order valence-electron chi connectivity index (χ1n) is 7.31. The number of benzene rings is 1. The molecule has 3 nitrogen and oxygen atoms in total. The van der Waals surface area contributed by atoms with E-state index < -0.39 is 0 Å². The Hall–Kier alpha value is -1.71. The summed E-state index contributed by atoms with van der Waals surface area (Å²) in [7, 11) is 0. The number of carbonyl (C=O) groups is 1. The molecule has 4 heteroatoms. The van der Waals surface area contributed by atoms with Crippen molar-refractivity contribution < 1.29 is 9.18 Å². The fourth-order valence-corrected chi connectivity index (χ4v) is 2.59. The smallest absolute Gasteiger partial charge is 0.240 e. The summed E-state index contributed by atoms with van der Waals surface area (Å²) in [5, 5.41) is 3.89. The van der Waals surface area contributed by atoms with Crippen LogP contribution in [0.5, 0.6) is 0 Å². The summed E-state index contributed by atoms with van der Waals surface area (Å²) in [6.07, 6.45) is 9.47. The number of amides is 1. The summed E-state index contributed by atoms with van der Waals surface area (Å²) >= 11 is 0. The van der Waals surface area contributed by atoms with Crippen LogP contribution in [0.2, 0.25) is 0 Å². The molecular formula is C16H21FN2O. The second-order valence-electron chi connectivity index (χ2n) is 5.39. The molecule has 0 aromatic heterocycles. The third kappa shape index (κ3) is 5.11. The number of hydrogen-bond donors (Lipinski definition) is 1. The first-order valence-corrected chi connectivity index (χ1v) is 7.31. The van der Waals surface area contributed by atoms with Crippen molar-refractivity contribution in [1.29, 1.82) is 0 Å². The van der Waals surface area contributed by atoms with Crippen LogP contribution in [-0.2, 0) is 4.79 Å². The Balaban J connectivity index is 1.67. The zero-order valence-electron chi connectivity index (χ0n) is 11.6. The highest BCUT2D eigenvalue weighted by Crippen LogP contribution is 2.27. The van der Waals surface area contributed by atoms with Gasteiger partial charge in [0.1, 0.15) is 5.82 Å². The summed E-state index contributed by atoms with van der Waals surface area (Å²) in [5.41, 5.74) is 3.29. The van der Waals surface area contributed by atoms with E-state index in [1.165, 1.54) is 50.5 Å². The van der Waals surface area contributed by atoms with Crippen molar-refractivity contribution in [3.8, 4) is 0 Å². The molecule has 20 heavy (non-hydrogen) atoms. The van der Waals surface area contributed by atoms with Crippen molar-refractivity contribution in [3.05, 3.63) is 35.6 Å². The van der Waals surface area contributed by atoms with E-state index >= 15 is 0 Å². The van der Waals surface area contributed by atoms with Crippen LogP contribution in [0.15, 0.2) is 29.4 Å². The average Bonchev–Trinajstić information content (AvgIpc) is 2.48. The van der Waals surface area contributed by atoms with Crippen molar-refractivity contribution in [2.45, 2.75) is 44.9 Å². The minimum Gasteiger partial charge on any atom is -0.273 e. The van der Waals surface area contributed by atoms with Crippen LogP contribution in [0.25, 0.3) is 0 Å². The number of halogens is 1. The predicted molar refractivity (Wildman–Crippen MR) is 77.9 cm³/mol. The molecule has 2 rings (SSSR count). The molecule has 108 valence electrons. The Morgan fingerprint density at radius 1 is 1.25 bits per heavy atom. The average molecular weight is 276 g/mol. The normalized spacial score (nSPS) is 16.4. The summed E-state index contributed by atoms with van der Waals surface area (Å²) in [4.78, 5) is 11.6. The highest BCUT2D eigenvalue weighted by atomic mass is 19.1. The number of nitrogens with one attached hydrogen (secondary N) is 1. The van der Waals surface area contributed by atoms with Crippen LogP contribution in [-0.4, -0.2) is 12.1 Å². The van der Waals surface area contributed by atoms with Crippen LogP contribution in [0.4, 0.5) is 4.39 Å². The zero-order valence-corrected chi connectivity index (χ0v) is 11.6. The topological polar surface area (TPSA) is 41.5 Å². The quantitative estimate of drug-likeness (QED) is 0.647. The molecule has 1 aliphatic rings. The summed E-state index contributed by atoms with van der Waals surface area (Å²) in [5.74, 6) is 0.378. The number of carbonyl (C=O) groups excluding carboxylic acids is 1. The molecule has 1 amide bonds. The maximum atomic E-state index is 12.7. The Kier molecular flexibility index (Phi) is 5.71. The van der Waals surface area contributed by atoms with Gasteiger partial charge in [-0.25, -0.2) is 9.82 Å². The molecule has 0 aliphatic heterocycles. The zero-order chi connectivity index (χ0) is 14.2. The van der Waals surface area contributed by atoms with Crippen molar-refractivity contribution in [2.24, 2.45) is 11.0 Å². The van der Waals surface area contributed by atoms with E-state index in [0.717, 1.165) is 12.0 Å². The van der Waals surface area contributed by atoms with Crippen LogP contribution in [0, 0.1) is 11.7 Å². The van der Waals surface area contributed by atoms with Gasteiger partial charge in [0.05, 0.1) is 6.21 Å². The number of rotatable bonds is 5. The molecule has 1 aliphatic carbocycles. The van der Waals surface area contributed by atoms with Crippen LogP contribution >= 0.6 is 0 Å². The third-order valence-electron chi connectivity index (χ3n) is 3.78. The van der Waals surface area contributed by atoms with Crippen LogP contribution in [0.3, 0.4) is 0 Å². The lowest BCUT2D eigenvalue weighted by Crippen LogP contribution is -2.19. The fraction of sp³-hybridized carbons (Fsp3) is 0.500. The van der Waals surface area contributed by atoms with Gasteiger partial charge < -0.3 is 0 Å². The molecule has 0 radical (unpaired) electrons. The first kappa shape index (κ1) is 14.7. The molecular weight excluding hydrogens is 255 g/mol. The Labute approximate surface area is 119 Å². The molecule has 1 fully saturated rings. The van der Waals surface area contributed by atoms with E-state index in [0.29, 0.717) is 12.3 Å². The molecule has 0 bridgehead atoms. The van der Waals surface area contributed by atoms with E-state index in [4.69, 9.17) is 0 Å². The second kappa shape index (κ2) is 7.78. The van der Waals surface area contributed by atoms with Crippen molar-refractivity contribution >= 4 is 12.1 Å². The van der Waals surface area contributed by atoms with Gasteiger partial charge in [-0.2, -0.15) is 5.10 Å². The summed E-state index contributed by atoms with van der Waals surface area (Å²) in [6, 6.07) is 5.97. The summed E-state index contributed by atoms with van der Waals surface area (Å²) in [6.45, 7) is 0. The molecule has 0 atom stereocenters. The number of hydrazone groups is 1. The molecule has 1 aromatic rings. The molecule has 0 spiro atoms. The van der Waals surface area contributed by atoms with Gasteiger partial charge in [-0.05, 0) is 30.0 Å². The van der Waals surface area contributed by atoms with Gasteiger partial charge in [0.25, 0.3) is 0 Å². The SMILES string of the molecule is O=C(CCC1CCCCC1)N/N=C/c1ccc(F)cc1. The lowest BCUT2D eigenvalue weighted by molar-refractivity contribution is -0.121. The highest BCUT2D eigenvalue weighted by molar-refractivity contribution is 5.82.